The maximum atomic E-state index is 13.3. The highest BCUT2D eigenvalue weighted by Crippen LogP contribution is 2.37. The maximum absolute atomic E-state index is 13.3. The van der Waals surface area contributed by atoms with Gasteiger partial charge in [0, 0.05) is 22.5 Å². The Bertz CT molecular complexity index is 917. The maximum Gasteiger partial charge on any atom is 0.152 e. The van der Waals surface area contributed by atoms with Crippen LogP contribution in [0.15, 0.2) is 54.6 Å². The lowest BCUT2D eigenvalue weighted by atomic mass is 10.0. The standard InChI is InChI=1S/C21H20FNO/c1-14(2)23-19-7-5-4-6-18(19)21(20(23)13-8-15(3)24)16-9-11-17(22)12-10-16/h4-14H,1-3H3. The van der Waals surface area contributed by atoms with Gasteiger partial charge >= 0.3 is 0 Å². The second kappa shape index (κ2) is 6.44. The minimum atomic E-state index is -0.257. The number of carbonyl (C=O) groups is 1. The first-order chi connectivity index (χ1) is 11.5. The Morgan fingerprint density at radius 2 is 1.75 bits per heavy atom. The van der Waals surface area contributed by atoms with Crippen LogP contribution in [0.4, 0.5) is 4.39 Å². The predicted octanol–water partition coefficient (Wildman–Crippen LogP) is 5.63. The van der Waals surface area contributed by atoms with Gasteiger partial charge in [-0.3, -0.25) is 4.79 Å². The third-order valence-electron chi connectivity index (χ3n) is 4.07. The number of ketones is 1. The summed E-state index contributed by atoms with van der Waals surface area (Å²) in [5, 5.41) is 1.10. The number of benzene rings is 2. The average molecular weight is 321 g/mol. The summed E-state index contributed by atoms with van der Waals surface area (Å²) in [5.41, 5.74) is 4.04. The Morgan fingerprint density at radius 1 is 1.08 bits per heavy atom. The number of aromatic nitrogens is 1. The topological polar surface area (TPSA) is 22.0 Å². The zero-order valence-corrected chi connectivity index (χ0v) is 14.1. The van der Waals surface area contributed by atoms with Crippen LogP contribution in [0.3, 0.4) is 0 Å². The molecule has 0 amide bonds. The minimum absolute atomic E-state index is 0.000573. The van der Waals surface area contributed by atoms with E-state index in [-0.39, 0.29) is 17.6 Å². The number of carbonyl (C=O) groups excluding carboxylic acids is 1. The largest absolute Gasteiger partial charge is 0.338 e. The molecule has 0 radical (unpaired) electrons. The van der Waals surface area contributed by atoms with E-state index >= 15 is 0 Å². The molecule has 0 aliphatic rings. The molecule has 122 valence electrons. The summed E-state index contributed by atoms with van der Waals surface area (Å²) in [6, 6.07) is 14.9. The van der Waals surface area contributed by atoms with Crippen molar-refractivity contribution in [2.45, 2.75) is 26.8 Å². The van der Waals surface area contributed by atoms with E-state index in [1.807, 2.05) is 18.2 Å². The second-order valence-electron chi connectivity index (χ2n) is 6.19. The zero-order chi connectivity index (χ0) is 17.3. The van der Waals surface area contributed by atoms with Crippen LogP contribution in [0, 0.1) is 5.82 Å². The molecule has 0 saturated carbocycles. The lowest BCUT2D eigenvalue weighted by Gasteiger charge is -2.13. The molecule has 0 bridgehead atoms. The fourth-order valence-corrected chi connectivity index (χ4v) is 3.12. The number of para-hydroxylation sites is 1. The van der Waals surface area contributed by atoms with E-state index in [1.54, 1.807) is 18.2 Å². The van der Waals surface area contributed by atoms with Crippen molar-refractivity contribution < 1.29 is 9.18 Å². The van der Waals surface area contributed by atoms with Crippen LogP contribution in [-0.4, -0.2) is 10.4 Å². The molecule has 2 aromatic carbocycles. The summed E-state index contributed by atoms with van der Waals surface area (Å²) >= 11 is 0. The molecule has 0 atom stereocenters. The number of hydrogen-bond acceptors (Lipinski definition) is 1. The quantitative estimate of drug-likeness (QED) is 0.571. The number of fused-ring (bicyclic) bond motifs is 1. The number of hydrogen-bond donors (Lipinski definition) is 0. The highest BCUT2D eigenvalue weighted by Gasteiger charge is 2.18. The van der Waals surface area contributed by atoms with E-state index < -0.39 is 0 Å². The van der Waals surface area contributed by atoms with Gasteiger partial charge in [-0.25, -0.2) is 4.39 Å². The monoisotopic (exact) mass is 321 g/mol. The fraction of sp³-hybridized carbons (Fsp3) is 0.190. The first-order valence-electron chi connectivity index (χ1n) is 8.06. The van der Waals surface area contributed by atoms with Gasteiger partial charge in [0.25, 0.3) is 0 Å². The van der Waals surface area contributed by atoms with E-state index in [9.17, 15) is 9.18 Å². The highest BCUT2D eigenvalue weighted by atomic mass is 19.1. The molecule has 3 heteroatoms. The SMILES string of the molecule is CC(=O)C=Cc1c(-c2ccc(F)cc2)c2ccccc2n1C(C)C. The van der Waals surface area contributed by atoms with Crippen LogP contribution >= 0.6 is 0 Å². The van der Waals surface area contributed by atoms with Gasteiger partial charge in [0.2, 0.25) is 0 Å². The molecule has 2 nitrogen and oxygen atoms in total. The Balaban J connectivity index is 2.38. The molecule has 0 fully saturated rings. The Morgan fingerprint density at radius 3 is 2.38 bits per heavy atom. The third-order valence-corrected chi connectivity index (χ3v) is 4.07. The number of nitrogens with zero attached hydrogens (tertiary/aromatic N) is 1. The molecule has 0 N–H and O–H groups in total. The van der Waals surface area contributed by atoms with Crippen molar-refractivity contribution >= 4 is 22.8 Å². The van der Waals surface area contributed by atoms with Crippen LogP contribution in [0.5, 0.6) is 0 Å². The summed E-state index contributed by atoms with van der Waals surface area (Å²) < 4.78 is 15.6. The molecule has 3 rings (SSSR count). The van der Waals surface area contributed by atoms with Crippen molar-refractivity contribution in [2.24, 2.45) is 0 Å². The Labute approximate surface area is 141 Å². The predicted molar refractivity (Wildman–Crippen MR) is 97.4 cm³/mol. The fourth-order valence-electron chi connectivity index (χ4n) is 3.12. The summed E-state index contributed by atoms with van der Waals surface area (Å²) in [5.74, 6) is -0.257. The number of rotatable bonds is 4. The molecule has 0 saturated heterocycles. The molecule has 0 spiro atoms. The van der Waals surface area contributed by atoms with E-state index in [1.165, 1.54) is 19.1 Å². The van der Waals surface area contributed by atoms with Crippen molar-refractivity contribution in [2.75, 3.05) is 0 Å². The molecular formula is C21H20FNO. The summed E-state index contributed by atoms with van der Waals surface area (Å²) in [7, 11) is 0. The highest BCUT2D eigenvalue weighted by molar-refractivity contribution is 6.02. The van der Waals surface area contributed by atoms with Crippen LogP contribution in [0.2, 0.25) is 0 Å². The van der Waals surface area contributed by atoms with Gasteiger partial charge in [-0.05, 0) is 56.7 Å². The molecular weight excluding hydrogens is 301 g/mol. The van der Waals surface area contributed by atoms with Gasteiger partial charge in [-0.15, -0.1) is 0 Å². The smallest absolute Gasteiger partial charge is 0.152 e. The molecule has 0 aliphatic heterocycles. The van der Waals surface area contributed by atoms with Gasteiger partial charge in [0.15, 0.2) is 5.78 Å². The normalized spacial score (nSPS) is 11.7. The van der Waals surface area contributed by atoms with Crippen LogP contribution < -0.4 is 0 Å². The van der Waals surface area contributed by atoms with Gasteiger partial charge in [0.1, 0.15) is 5.82 Å². The molecule has 1 aromatic heterocycles. The van der Waals surface area contributed by atoms with E-state index in [0.29, 0.717) is 0 Å². The Kier molecular flexibility index (Phi) is 4.34. The van der Waals surface area contributed by atoms with Gasteiger partial charge in [-0.2, -0.15) is 0 Å². The van der Waals surface area contributed by atoms with E-state index in [0.717, 1.165) is 27.7 Å². The molecule has 3 aromatic rings. The van der Waals surface area contributed by atoms with Crippen molar-refractivity contribution in [1.29, 1.82) is 0 Å². The van der Waals surface area contributed by atoms with E-state index in [2.05, 4.69) is 30.5 Å². The van der Waals surface area contributed by atoms with Crippen molar-refractivity contribution in [3.63, 3.8) is 0 Å². The number of allylic oxidation sites excluding steroid dienone is 1. The molecule has 0 aliphatic carbocycles. The second-order valence-corrected chi connectivity index (χ2v) is 6.19. The summed E-state index contributed by atoms with van der Waals surface area (Å²) in [4.78, 5) is 11.5. The molecule has 1 heterocycles. The van der Waals surface area contributed by atoms with Crippen molar-refractivity contribution in [3.8, 4) is 11.1 Å². The van der Waals surface area contributed by atoms with Crippen molar-refractivity contribution in [1.82, 2.24) is 4.57 Å². The third kappa shape index (κ3) is 2.90. The Hall–Kier alpha value is -2.68. The first-order valence-corrected chi connectivity index (χ1v) is 8.06. The minimum Gasteiger partial charge on any atom is -0.338 e. The first kappa shape index (κ1) is 16.2. The van der Waals surface area contributed by atoms with E-state index in [4.69, 9.17) is 0 Å². The summed E-state index contributed by atoms with van der Waals surface area (Å²) in [6.07, 6.45) is 3.45. The number of halogens is 1. The molecule has 24 heavy (non-hydrogen) atoms. The average Bonchev–Trinajstić information content (AvgIpc) is 2.88. The zero-order valence-electron chi connectivity index (χ0n) is 14.1. The lowest BCUT2D eigenvalue weighted by Crippen LogP contribution is -2.03. The van der Waals surface area contributed by atoms with Gasteiger partial charge < -0.3 is 4.57 Å². The van der Waals surface area contributed by atoms with Gasteiger partial charge in [0.05, 0.1) is 5.69 Å². The molecule has 0 unspecified atom stereocenters. The van der Waals surface area contributed by atoms with Crippen molar-refractivity contribution in [3.05, 3.63) is 66.1 Å². The lowest BCUT2D eigenvalue weighted by molar-refractivity contribution is -0.112. The van der Waals surface area contributed by atoms with Crippen LogP contribution in [0.25, 0.3) is 28.1 Å². The summed E-state index contributed by atoms with van der Waals surface area (Å²) in [6.45, 7) is 5.77. The van der Waals surface area contributed by atoms with Gasteiger partial charge in [-0.1, -0.05) is 30.3 Å². The van der Waals surface area contributed by atoms with Crippen LogP contribution in [-0.2, 0) is 4.79 Å². The van der Waals surface area contributed by atoms with Crippen LogP contribution in [0.1, 0.15) is 32.5 Å².